The van der Waals surface area contributed by atoms with E-state index in [0.29, 0.717) is 35.4 Å². The van der Waals surface area contributed by atoms with Gasteiger partial charge in [-0.2, -0.15) is 0 Å². The van der Waals surface area contributed by atoms with Crippen molar-refractivity contribution in [2.24, 2.45) is 0 Å². The zero-order chi connectivity index (χ0) is 18.5. The number of piperidine rings is 1. The van der Waals surface area contributed by atoms with Crippen molar-refractivity contribution in [2.75, 3.05) is 18.4 Å². The number of nitrogens with zero attached hydrogens (tertiary/aromatic N) is 3. The van der Waals surface area contributed by atoms with Gasteiger partial charge >= 0.3 is 0 Å². The fourth-order valence-electron chi connectivity index (χ4n) is 3.18. The minimum absolute atomic E-state index is 0.0521. The lowest BCUT2D eigenvalue weighted by atomic mass is 9.96. The highest BCUT2D eigenvalue weighted by atomic mass is 35.5. The molecule has 2 aromatic rings. The molecule has 0 saturated carbocycles. The van der Waals surface area contributed by atoms with Crippen LogP contribution in [0, 0.1) is 5.82 Å². The number of likely N-dealkylation sites (tertiary alicyclic amines) is 1. The van der Waals surface area contributed by atoms with Crippen LogP contribution in [0.5, 0.6) is 0 Å². The van der Waals surface area contributed by atoms with E-state index in [9.17, 15) is 9.18 Å². The second-order valence-corrected chi connectivity index (χ2v) is 6.89. The molecular weight excluding hydrogens is 355 g/mol. The summed E-state index contributed by atoms with van der Waals surface area (Å²) in [6.07, 6.45) is 3.24. The van der Waals surface area contributed by atoms with Gasteiger partial charge in [0.05, 0.1) is 0 Å². The third-order valence-electron chi connectivity index (χ3n) is 4.41. The molecule has 26 heavy (non-hydrogen) atoms. The molecule has 1 N–H and O–H groups in total. The number of carbonyl (C=O) groups is 1. The van der Waals surface area contributed by atoms with E-state index >= 15 is 0 Å². The van der Waals surface area contributed by atoms with Crippen LogP contribution in [0.4, 0.5) is 15.9 Å². The molecule has 1 aromatic heterocycles. The average Bonchev–Trinajstić information content (AvgIpc) is 2.61. The molecule has 2 heterocycles. The van der Waals surface area contributed by atoms with Gasteiger partial charge in [0.25, 0.3) is 0 Å². The summed E-state index contributed by atoms with van der Waals surface area (Å²) in [7, 11) is 0. The predicted molar refractivity (Wildman–Crippen MR) is 100 cm³/mol. The number of nitrogens with one attached hydrogen (secondary N) is 1. The number of amides is 1. The first-order chi connectivity index (χ1) is 12.5. The van der Waals surface area contributed by atoms with Crippen molar-refractivity contribution in [1.29, 1.82) is 0 Å². The van der Waals surface area contributed by atoms with Gasteiger partial charge in [-0.3, -0.25) is 4.79 Å². The normalized spacial score (nSPS) is 17.2. The second kappa shape index (κ2) is 8.45. The minimum Gasteiger partial charge on any atom is -0.342 e. The maximum absolute atomic E-state index is 13.4. The number of anilines is 2. The molecule has 138 valence electrons. The Morgan fingerprint density at radius 3 is 3.00 bits per heavy atom. The van der Waals surface area contributed by atoms with E-state index in [1.54, 1.807) is 18.2 Å². The molecule has 1 unspecified atom stereocenters. The van der Waals surface area contributed by atoms with Crippen LogP contribution >= 0.6 is 11.6 Å². The lowest BCUT2D eigenvalue weighted by Crippen LogP contribution is -2.39. The first-order valence-electron chi connectivity index (χ1n) is 8.90. The van der Waals surface area contributed by atoms with E-state index in [-0.39, 0.29) is 17.6 Å². The molecule has 0 aliphatic carbocycles. The van der Waals surface area contributed by atoms with Gasteiger partial charge in [0.2, 0.25) is 5.91 Å². The van der Waals surface area contributed by atoms with Gasteiger partial charge in [0.1, 0.15) is 22.6 Å². The van der Waals surface area contributed by atoms with Gasteiger partial charge in [-0.1, -0.05) is 24.6 Å². The molecule has 3 rings (SSSR count). The fourth-order valence-corrected chi connectivity index (χ4v) is 3.37. The Bertz CT molecular complexity index is 786. The van der Waals surface area contributed by atoms with E-state index in [0.717, 1.165) is 25.8 Å². The molecule has 1 fully saturated rings. The smallest absolute Gasteiger partial charge is 0.222 e. The van der Waals surface area contributed by atoms with Crippen molar-refractivity contribution in [3.05, 3.63) is 47.1 Å². The number of rotatable bonds is 5. The van der Waals surface area contributed by atoms with Crippen LogP contribution in [0.2, 0.25) is 5.15 Å². The molecule has 1 aliphatic heterocycles. The largest absolute Gasteiger partial charge is 0.342 e. The molecule has 0 spiro atoms. The average molecular weight is 377 g/mol. The molecular formula is C19H22ClFN4O. The topological polar surface area (TPSA) is 58.1 Å². The number of carbonyl (C=O) groups excluding carboxylic acids is 1. The molecule has 1 aliphatic rings. The Morgan fingerprint density at radius 1 is 1.38 bits per heavy atom. The number of aromatic nitrogens is 2. The van der Waals surface area contributed by atoms with Gasteiger partial charge in [-0.15, -0.1) is 0 Å². The molecule has 1 atom stereocenters. The van der Waals surface area contributed by atoms with Crippen molar-refractivity contribution < 1.29 is 9.18 Å². The third kappa shape index (κ3) is 4.69. The summed E-state index contributed by atoms with van der Waals surface area (Å²) in [6, 6.07) is 7.76. The summed E-state index contributed by atoms with van der Waals surface area (Å²) >= 11 is 6.17. The zero-order valence-electron chi connectivity index (χ0n) is 14.7. The summed E-state index contributed by atoms with van der Waals surface area (Å²) in [5.74, 6) is 1.04. The van der Waals surface area contributed by atoms with Gasteiger partial charge in [0.15, 0.2) is 0 Å². The summed E-state index contributed by atoms with van der Waals surface area (Å²) in [5.41, 5.74) is 0.592. The van der Waals surface area contributed by atoms with Crippen LogP contribution in [0.1, 0.15) is 44.3 Å². The van der Waals surface area contributed by atoms with E-state index in [4.69, 9.17) is 11.6 Å². The van der Waals surface area contributed by atoms with Crippen LogP contribution in [-0.2, 0) is 4.79 Å². The second-order valence-electron chi connectivity index (χ2n) is 6.50. The van der Waals surface area contributed by atoms with Gasteiger partial charge in [-0.25, -0.2) is 14.4 Å². The van der Waals surface area contributed by atoms with E-state index in [1.165, 1.54) is 12.1 Å². The number of benzene rings is 1. The molecule has 0 bridgehead atoms. The molecule has 5 nitrogen and oxygen atoms in total. The summed E-state index contributed by atoms with van der Waals surface area (Å²) in [5, 5.41) is 3.39. The maximum atomic E-state index is 13.4. The minimum atomic E-state index is -0.326. The Hall–Kier alpha value is -2.21. The summed E-state index contributed by atoms with van der Waals surface area (Å²) in [6.45, 7) is 3.40. The number of halogens is 2. The Balaban J connectivity index is 1.77. The quantitative estimate of drug-likeness (QED) is 0.779. The van der Waals surface area contributed by atoms with Crippen molar-refractivity contribution in [1.82, 2.24) is 14.9 Å². The molecule has 1 saturated heterocycles. The molecule has 0 radical (unpaired) electrons. The highest BCUT2D eigenvalue weighted by Crippen LogP contribution is 2.28. The van der Waals surface area contributed by atoms with Crippen molar-refractivity contribution in [2.45, 2.75) is 38.5 Å². The predicted octanol–water partition coefficient (Wildman–Crippen LogP) is 4.52. The SMILES string of the molecule is CCCC(=O)N1CCCC(c2nc(Cl)cc(Nc3cccc(F)c3)n2)C1. The Labute approximate surface area is 157 Å². The van der Waals surface area contributed by atoms with E-state index < -0.39 is 0 Å². The summed E-state index contributed by atoms with van der Waals surface area (Å²) in [4.78, 5) is 23.0. The standard InChI is InChI=1S/C19H22ClFN4O/c1-2-5-18(26)25-9-4-6-13(12-25)19-23-16(20)11-17(24-19)22-15-8-3-7-14(21)10-15/h3,7-8,10-11,13H,2,4-6,9,12H2,1H3,(H,22,23,24). The number of hydrogen-bond donors (Lipinski definition) is 1. The van der Waals surface area contributed by atoms with Gasteiger partial charge in [-0.05, 0) is 37.5 Å². The lowest BCUT2D eigenvalue weighted by molar-refractivity contribution is -0.132. The van der Waals surface area contributed by atoms with Crippen LogP contribution in [0.25, 0.3) is 0 Å². The first kappa shape index (κ1) is 18.6. The third-order valence-corrected chi connectivity index (χ3v) is 4.61. The van der Waals surface area contributed by atoms with Crippen LogP contribution < -0.4 is 5.32 Å². The van der Waals surface area contributed by atoms with E-state index in [2.05, 4.69) is 15.3 Å². The molecule has 7 heteroatoms. The zero-order valence-corrected chi connectivity index (χ0v) is 15.5. The highest BCUT2D eigenvalue weighted by Gasteiger charge is 2.26. The Morgan fingerprint density at radius 2 is 2.23 bits per heavy atom. The van der Waals surface area contributed by atoms with Gasteiger partial charge < -0.3 is 10.2 Å². The number of hydrogen-bond acceptors (Lipinski definition) is 4. The molecule has 1 amide bonds. The van der Waals surface area contributed by atoms with Gasteiger partial charge in [0, 0.05) is 37.2 Å². The molecule has 1 aromatic carbocycles. The maximum Gasteiger partial charge on any atom is 0.222 e. The lowest BCUT2D eigenvalue weighted by Gasteiger charge is -2.32. The first-order valence-corrected chi connectivity index (χ1v) is 9.28. The Kier molecular flexibility index (Phi) is 6.04. The van der Waals surface area contributed by atoms with Crippen LogP contribution in [0.3, 0.4) is 0 Å². The highest BCUT2D eigenvalue weighted by molar-refractivity contribution is 6.29. The van der Waals surface area contributed by atoms with Crippen molar-refractivity contribution in [3.63, 3.8) is 0 Å². The van der Waals surface area contributed by atoms with Crippen molar-refractivity contribution in [3.8, 4) is 0 Å². The van der Waals surface area contributed by atoms with Crippen LogP contribution in [-0.4, -0.2) is 33.9 Å². The van der Waals surface area contributed by atoms with Crippen LogP contribution in [0.15, 0.2) is 30.3 Å². The van der Waals surface area contributed by atoms with E-state index in [1.807, 2.05) is 11.8 Å². The van der Waals surface area contributed by atoms with Crippen molar-refractivity contribution >= 4 is 29.0 Å². The fraction of sp³-hybridized carbons (Fsp3) is 0.421. The summed E-state index contributed by atoms with van der Waals surface area (Å²) < 4.78 is 13.4. The monoisotopic (exact) mass is 376 g/mol.